The van der Waals surface area contributed by atoms with Crippen molar-refractivity contribution >= 4 is 17.7 Å². The van der Waals surface area contributed by atoms with Crippen LogP contribution in [0.3, 0.4) is 0 Å². The Labute approximate surface area is 100 Å². The summed E-state index contributed by atoms with van der Waals surface area (Å²) < 4.78 is 0. The van der Waals surface area contributed by atoms with E-state index in [0.29, 0.717) is 0 Å². The van der Waals surface area contributed by atoms with Crippen LogP contribution < -0.4 is 22.1 Å². The van der Waals surface area contributed by atoms with Crippen molar-refractivity contribution < 1.29 is 14.4 Å². The maximum absolute atomic E-state index is 11.4. The molecule has 0 radical (unpaired) electrons. The van der Waals surface area contributed by atoms with E-state index in [-0.39, 0.29) is 12.5 Å². The summed E-state index contributed by atoms with van der Waals surface area (Å²) in [5.74, 6) is -1.53. The van der Waals surface area contributed by atoms with E-state index in [2.05, 4.69) is 10.6 Å². The van der Waals surface area contributed by atoms with Crippen molar-refractivity contribution in [3.8, 4) is 0 Å². The molecule has 6 N–H and O–H groups in total. The molecule has 3 amide bonds. The Morgan fingerprint density at radius 3 is 2.12 bits per heavy atom. The summed E-state index contributed by atoms with van der Waals surface area (Å²) >= 11 is 0. The fourth-order valence-corrected chi connectivity index (χ4v) is 0.952. The van der Waals surface area contributed by atoms with Crippen molar-refractivity contribution in [2.45, 2.75) is 32.9 Å². The van der Waals surface area contributed by atoms with Crippen LogP contribution in [-0.2, 0) is 14.4 Å². The molecule has 0 heterocycles. The van der Waals surface area contributed by atoms with Gasteiger partial charge in [0.25, 0.3) is 0 Å². The van der Waals surface area contributed by atoms with Crippen LogP contribution in [0.25, 0.3) is 0 Å². The molecule has 0 bridgehead atoms. The highest BCUT2D eigenvalue weighted by molar-refractivity contribution is 5.90. The highest BCUT2D eigenvalue weighted by Crippen LogP contribution is 1.97. The first-order valence-corrected chi connectivity index (χ1v) is 5.37. The molecule has 0 aliphatic rings. The van der Waals surface area contributed by atoms with Gasteiger partial charge in [-0.25, -0.2) is 0 Å². The minimum atomic E-state index is -0.766. The number of hydrogen-bond donors (Lipinski definition) is 4. The molecule has 0 spiro atoms. The minimum Gasteiger partial charge on any atom is -0.368 e. The molecule has 7 heteroatoms. The molecule has 98 valence electrons. The predicted octanol–water partition coefficient (Wildman–Crippen LogP) is -1.92. The lowest BCUT2D eigenvalue weighted by Crippen LogP contribution is -2.50. The lowest BCUT2D eigenvalue weighted by Gasteiger charge is -2.15. The average Bonchev–Trinajstić information content (AvgIpc) is 2.24. The van der Waals surface area contributed by atoms with Gasteiger partial charge in [-0.3, -0.25) is 14.4 Å². The van der Waals surface area contributed by atoms with E-state index in [0.717, 1.165) is 0 Å². The van der Waals surface area contributed by atoms with Crippen molar-refractivity contribution in [2.24, 2.45) is 17.4 Å². The number of primary amides is 1. The Balaban J connectivity index is 4.00. The van der Waals surface area contributed by atoms with Crippen LogP contribution in [0.5, 0.6) is 0 Å². The number of amides is 3. The van der Waals surface area contributed by atoms with E-state index >= 15 is 0 Å². The quantitative estimate of drug-likeness (QED) is 0.434. The molecule has 0 aromatic heterocycles. The molecule has 7 nitrogen and oxygen atoms in total. The highest BCUT2D eigenvalue weighted by Gasteiger charge is 2.18. The highest BCUT2D eigenvalue weighted by atomic mass is 16.2. The molecular formula is C10H20N4O3. The van der Waals surface area contributed by atoms with Gasteiger partial charge in [0.05, 0.1) is 12.6 Å². The van der Waals surface area contributed by atoms with Gasteiger partial charge >= 0.3 is 0 Å². The summed E-state index contributed by atoms with van der Waals surface area (Å²) in [6, 6.07) is -1.42. The number of carbonyl (C=O) groups excluding carboxylic acids is 3. The van der Waals surface area contributed by atoms with E-state index in [9.17, 15) is 14.4 Å². The third-order valence-corrected chi connectivity index (χ3v) is 2.25. The molecule has 0 aromatic carbocycles. The van der Waals surface area contributed by atoms with Gasteiger partial charge in [0, 0.05) is 0 Å². The number of hydrogen-bond acceptors (Lipinski definition) is 4. The number of carbonyl (C=O) groups is 3. The molecule has 1 unspecified atom stereocenters. The molecule has 0 rings (SSSR count). The lowest BCUT2D eigenvalue weighted by molar-refractivity contribution is -0.129. The van der Waals surface area contributed by atoms with Crippen molar-refractivity contribution in [3.05, 3.63) is 0 Å². The number of rotatable bonds is 6. The smallest absolute Gasteiger partial charge is 0.240 e. The molecule has 0 fully saturated rings. The maximum Gasteiger partial charge on any atom is 0.240 e. The molecular weight excluding hydrogens is 224 g/mol. The van der Waals surface area contributed by atoms with E-state index in [4.69, 9.17) is 11.5 Å². The normalized spacial score (nSPS) is 13.9. The summed E-state index contributed by atoms with van der Waals surface area (Å²) in [5, 5.41) is 4.71. The largest absolute Gasteiger partial charge is 0.368 e. The number of nitrogens with two attached hydrogens (primary N) is 2. The Hall–Kier alpha value is -1.63. The van der Waals surface area contributed by atoms with Crippen LogP contribution in [0.1, 0.15) is 20.8 Å². The average molecular weight is 244 g/mol. The summed E-state index contributed by atoms with van der Waals surface area (Å²) in [7, 11) is 0. The van der Waals surface area contributed by atoms with Gasteiger partial charge in [-0.05, 0) is 12.8 Å². The molecule has 0 aromatic rings. The van der Waals surface area contributed by atoms with Crippen molar-refractivity contribution in [3.63, 3.8) is 0 Å². The lowest BCUT2D eigenvalue weighted by atomic mass is 10.1. The molecule has 0 aliphatic heterocycles. The van der Waals surface area contributed by atoms with Crippen molar-refractivity contribution in [1.29, 1.82) is 0 Å². The molecule has 17 heavy (non-hydrogen) atoms. The fourth-order valence-electron chi connectivity index (χ4n) is 0.952. The Kier molecular flexibility index (Phi) is 6.19. The van der Waals surface area contributed by atoms with Gasteiger partial charge in [-0.1, -0.05) is 13.8 Å². The van der Waals surface area contributed by atoms with E-state index in [1.807, 2.05) is 0 Å². The first kappa shape index (κ1) is 15.4. The van der Waals surface area contributed by atoms with Gasteiger partial charge in [-0.2, -0.15) is 0 Å². The third-order valence-electron chi connectivity index (χ3n) is 2.25. The maximum atomic E-state index is 11.4. The second-order valence-corrected chi connectivity index (χ2v) is 4.18. The summed E-state index contributed by atoms with van der Waals surface area (Å²) in [4.78, 5) is 33.4. The molecule has 0 aliphatic carbocycles. The van der Waals surface area contributed by atoms with Crippen LogP contribution in [0, 0.1) is 5.92 Å². The van der Waals surface area contributed by atoms with Crippen LogP contribution in [0.15, 0.2) is 0 Å². The van der Waals surface area contributed by atoms with Crippen molar-refractivity contribution in [1.82, 2.24) is 10.6 Å². The monoisotopic (exact) mass is 244 g/mol. The second-order valence-electron chi connectivity index (χ2n) is 4.18. The van der Waals surface area contributed by atoms with Gasteiger partial charge < -0.3 is 22.1 Å². The standard InChI is InChI=1S/C10H20N4O3/c1-5(2)8(11)10(17)13-4-7(15)14-6(3)9(12)16/h5-6,8H,4,11H2,1-3H3,(H2,12,16)(H,13,17)(H,14,15)/t6?,8-/m0/s1. The second kappa shape index (κ2) is 6.85. The third kappa shape index (κ3) is 5.86. The fraction of sp³-hybridized carbons (Fsp3) is 0.700. The van der Waals surface area contributed by atoms with Gasteiger partial charge in [0.15, 0.2) is 0 Å². The van der Waals surface area contributed by atoms with Crippen LogP contribution in [-0.4, -0.2) is 36.3 Å². The Morgan fingerprint density at radius 2 is 1.71 bits per heavy atom. The zero-order valence-corrected chi connectivity index (χ0v) is 10.3. The molecule has 2 atom stereocenters. The van der Waals surface area contributed by atoms with Gasteiger partial charge in [0.1, 0.15) is 6.04 Å². The Bertz CT molecular complexity index is 304. The Morgan fingerprint density at radius 1 is 1.18 bits per heavy atom. The summed E-state index contributed by atoms with van der Waals surface area (Å²) in [6.45, 7) is 4.84. The van der Waals surface area contributed by atoms with Crippen LogP contribution in [0.2, 0.25) is 0 Å². The van der Waals surface area contributed by atoms with E-state index < -0.39 is 29.8 Å². The summed E-state index contributed by atoms with van der Waals surface area (Å²) in [5.41, 5.74) is 10.5. The first-order chi connectivity index (χ1) is 7.75. The van der Waals surface area contributed by atoms with E-state index in [1.165, 1.54) is 6.92 Å². The van der Waals surface area contributed by atoms with Crippen LogP contribution in [0.4, 0.5) is 0 Å². The van der Waals surface area contributed by atoms with Crippen molar-refractivity contribution in [2.75, 3.05) is 6.54 Å². The van der Waals surface area contributed by atoms with Gasteiger partial charge in [-0.15, -0.1) is 0 Å². The zero-order chi connectivity index (χ0) is 13.6. The SMILES string of the molecule is CC(NC(=O)CNC(=O)[C@@H](N)C(C)C)C(N)=O. The van der Waals surface area contributed by atoms with Crippen LogP contribution >= 0.6 is 0 Å². The molecule has 0 saturated heterocycles. The van der Waals surface area contributed by atoms with Gasteiger partial charge in [0.2, 0.25) is 17.7 Å². The zero-order valence-electron chi connectivity index (χ0n) is 10.3. The number of nitrogens with one attached hydrogen (secondary N) is 2. The first-order valence-electron chi connectivity index (χ1n) is 5.37. The molecule has 0 saturated carbocycles. The predicted molar refractivity (Wildman–Crippen MR) is 62.6 cm³/mol. The topological polar surface area (TPSA) is 127 Å². The minimum absolute atomic E-state index is 0.0115. The van der Waals surface area contributed by atoms with E-state index in [1.54, 1.807) is 13.8 Å². The summed E-state index contributed by atoms with van der Waals surface area (Å²) in [6.07, 6.45) is 0.